The molecule has 2 aromatic rings. The predicted octanol–water partition coefficient (Wildman–Crippen LogP) is 3.72. The van der Waals surface area contributed by atoms with Crippen LogP contribution in [-0.4, -0.2) is 0 Å². The molecule has 13 heavy (non-hydrogen) atoms. The predicted molar refractivity (Wildman–Crippen MR) is 58.6 cm³/mol. The van der Waals surface area contributed by atoms with Crippen LogP contribution < -0.4 is 4.18 Å². The number of benzene rings is 2. The van der Waals surface area contributed by atoms with E-state index >= 15 is 0 Å². The van der Waals surface area contributed by atoms with Gasteiger partial charge in [-0.25, -0.2) is 0 Å². The summed E-state index contributed by atoms with van der Waals surface area (Å²) >= 11 is 9.79. The molecule has 0 bridgehead atoms. The summed E-state index contributed by atoms with van der Waals surface area (Å²) in [7, 11) is 0. The maximum absolute atomic E-state index is 6.07. The van der Waals surface area contributed by atoms with Gasteiger partial charge in [-0.15, -0.1) is 0 Å². The van der Waals surface area contributed by atoms with Gasteiger partial charge in [-0.3, -0.25) is 0 Å². The first kappa shape index (κ1) is 8.73. The highest BCUT2D eigenvalue weighted by Crippen LogP contribution is 2.32. The monoisotopic (exact) mass is 210 g/mol. The maximum Gasteiger partial charge on any atom is 0.156 e. The molecular weight excluding hydrogens is 204 g/mol. The van der Waals surface area contributed by atoms with Crippen LogP contribution in [0.4, 0.5) is 0 Å². The van der Waals surface area contributed by atoms with E-state index in [9.17, 15) is 0 Å². The molecule has 0 fully saturated rings. The highest BCUT2D eigenvalue weighted by molar-refractivity contribution is 7.75. The van der Waals surface area contributed by atoms with Crippen LogP contribution in [-0.2, 0) is 0 Å². The topological polar surface area (TPSA) is 9.23 Å². The van der Waals surface area contributed by atoms with Crippen LogP contribution >= 0.6 is 24.5 Å². The average Bonchev–Trinajstić information content (AvgIpc) is 2.19. The SMILES string of the molecule is SOc1ccc2ccccc2c1Cl. The van der Waals surface area contributed by atoms with Gasteiger partial charge in [0.2, 0.25) is 0 Å². The van der Waals surface area contributed by atoms with Crippen molar-refractivity contribution in [2.45, 2.75) is 0 Å². The summed E-state index contributed by atoms with van der Waals surface area (Å²) < 4.78 is 4.82. The van der Waals surface area contributed by atoms with Crippen molar-refractivity contribution in [2.75, 3.05) is 0 Å². The molecule has 0 radical (unpaired) electrons. The number of hydrogen-bond acceptors (Lipinski definition) is 2. The summed E-state index contributed by atoms with van der Waals surface area (Å²) in [5.41, 5.74) is 0. The lowest BCUT2D eigenvalue weighted by Crippen LogP contribution is -1.79. The number of hydrogen-bond donors (Lipinski definition) is 1. The van der Waals surface area contributed by atoms with Gasteiger partial charge in [-0.2, -0.15) is 0 Å². The van der Waals surface area contributed by atoms with E-state index in [1.165, 1.54) is 0 Å². The largest absolute Gasteiger partial charge is 0.427 e. The average molecular weight is 211 g/mol. The summed E-state index contributed by atoms with van der Waals surface area (Å²) in [6, 6.07) is 11.6. The van der Waals surface area contributed by atoms with Crippen molar-refractivity contribution in [1.29, 1.82) is 0 Å². The third kappa shape index (κ3) is 1.47. The van der Waals surface area contributed by atoms with E-state index in [4.69, 9.17) is 15.8 Å². The van der Waals surface area contributed by atoms with Crippen LogP contribution in [0.3, 0.4) is 0 Å². The van der Waals surface area contributed by atoms with Crippen molar-refractivity contribution < 1.29 is 4.18 Å². The minimum Gasteiger partial charge on any atom is -0.427 e. The number of fused-ring (bicyclic) bond motifs is 1. The Kier molecular flexibility index (Phi) is 2.34. The van der Waals surface area contributed by atoms with Crippen molar-refractivity contribution in [3.05, 3.63) is 41.4 Å². The number of rotatable bonds is 1. The first-order valence-corrected chi connectivity index (χ1v) is 4.56. The summed E-state index contributed by atoms with van der Waals surface area (Å²) in [6.45, 7) is 0. The smallest absolute Gasteiger partial charge is 0.156 e. The van der Waals surface area contributed by atoms with E-state index in [1.807, 2.05) is 30.3 Å². The summed E-state index contributed by atoms with van der Waals surface area (Å²) in [6.07, 6.45) is 0. The van der Waals surface area contributed by atoms with Gasteiger partial charge in [0.1, 0.15) is 0 Å². The summed E-state index contributed by atoms with van der Waals surface area (Å²) in [4.78, 5) is 0. The van der Waals surface area contributed by atoms with Crippen LogP contribution in [0.5, 0.6) is 5.75 Å². The van der Waals surface area contributed by atoms with E-state index in [0.29, 0.717) is 10.8 Å². The van der Waals surface area contributed by atoms with E-state index in [-0.39, 0.29) is 0 Å². The molecule has 66 valence electrons. The van der Waals surface area contributed by atoms with Gasteiger partial charge in [0.05, 0.1) is 5.02 Å². The van der Waals surface area contributed by atoms with Gasteiger partial charge in [0, 0.05) is 18.3 Å². The van der Waals surface area contributed by atoms with Crippen LogP contribution in [0, 0.1) is 0 Å². The molecule has 0 aliphatic heterocycles. The molecule has 0 atom stereocenters. The third-order valence-electron chi connectivity index (χ3n) is 1.93. The Morgan fingerprint density at radius 1 is 1.08 bits per heavy atom. The van der Waals surface area contributed by atoms with Crippen molar-refractivity contribution in [3.8, 4) is 5.75 Å². The Hall–Kier alpha value is -0.860. The second-order valence-corrected chi connectivity index (χ2v) is 3.25. The lowest BCUT2D eigenvalue weighted by atomic mass is 10.1. The quantitative estimate of drug-likeness (QED) is 0.558. The maximum atomic E-state index is 6.07. The second-order valence-electron chi connectivity index (χ2n) is 2.69. The first-order chi connectivity index (χ1) is 6.33. The Balaban J connectivity index is 2.79. The fraction of sp³-hybridized carbons (Fsp3) is 0. The molecule has 3 heteroatoms. The van der Waals surface area contributed by atoms with Crippen LogP contribution in [0.25, 0.3) is 10.8 Å². The minimum absolute atomic E-state index is 0.587. The van der Waals surface area contributed by atoms with E-state index in [0.717, 1.165) is 10.8 Å². The van der Waals surface area contributed by atoms with Crippen molar-refractivity contribution in [1.82, 2.24) is 0 Å². The molecule has 2 rings (SSSR count). The minimum atomic E-state index is 0.587. The molecular formula is C10H7ClOS. The number of halogens is 1. The molecule has 0 N–H and O–H groups in total. The molecule has 0 saturated heterocycles. The number of thiol groups is 1. The van der Waals surface area contributed by atoms with Gasteiger partial charge in [0.15, 0.2) is 5.75 Å². The molecule has 2 aromatic carbocycles. The standard InChI is InChI=1S/C10H7ClOS/c11-10-8-4-2-1-3-7(8)5-6-9(10)12-13/h1-6,13H. The Labute approximate surface area is 86.9 Å². The zero-order valence-corrected chi connectivity index (χ0v) is 8.35. The zero-order valence-electron chi connectivity index (χ0n) is 6.70. The molecule has 0 heterocycles. The summed E-state index contributed by atoms with van der Waals surface area (Å²) in [5.74, 6) is 0.587. The third-order valence-corrected chi connectivity index (χ3v) is 2.51. The summed E-state index contributed by atoms with van der Waals surface area (Å²) in [5, 5.41) is 2.69. The van der Waals surface area contributed by atoms with Gasteiger partial charge in [0.25, 0.3) is 0 Å². The molecule has 0 spiro atoms. The highest BCUT2D eigenvalue weighted by Gasteiger charge is 2.04. The molecule has 0 aliphatic rings. The lowest BCUT2D eigenvalue weighted by Gasteiger charge is -2.04. The van der Waals surface area contributed by atoms with E-state index < -0.39 is 0 Å². The Morgan fingerprint density at radius 3 is 2.62 bits per heavy atom. The van der Waals surface area contributed by atoms with Gasteiger partial charge in [-0.1, -0.05) is 41.9 Å². The molecule has 0 aromatic heterocycles. The molecule has 0 unspecified atom stereocenters. The highest BCUT2D eigenvalue weighted by atomic mass is 35.5. The van der Waals surface area contributed by atoms with E-state index in [1.54, 1.807) is 6.07 Å². The normalized spacial score (nSPS) is 10.3. The van der Waals surface area contributed by atoms with Crippen LogP contribution in [0.1, 0.15) is 0 Å². The van der Waals surface area contributed by atoms with Crippen molar-refractivity contribution >= 4 is 35.3 Å². The fourth-order valence-corrected chi connectivity index (χ4v) is 1.76. The van der Waals surface area contributed by atoms with Gasteiger partial charge in [-0.05, 0) is 11.5 Å². The van der Waals surface area contributed by atoms with Gasteiger partial charge >= 0.3 is 0 Å². The van der Waals surface area contributed by atoms with Crippen LogP contribution in [0.15, 0.2) is 36.4 Å². The Morgan fingerprint density at radius 2 is 1.85 bits per heavy atom. The first-order valence-electron chi connectivity index (χ1n) is 3.81. The zero-order chi connectivity index (χ0) is 9.26. The lowest BCUT2D eigenvalue weighted by molar-refractivity contribution is 0.660. The molecule has 0 aliphatic carbocycles. The van der Waals surface area contributed by atoms with Crippen molar-refractivity contribution in [2.24, 2.45) is 0 Å². The second kappa shape index (κ2) is 3.48. The van der Waals surface area contributed by atoms with Gasteiger partial charge < -0.3 is 4.18 Å². The van der Waals surface area contributed by atoms with Crippen LogP contribution in [0.2, 0.25) is 5.02 Å². The van der Waals surface area contributed by atoms with Crippen molar-refractivity contribution in [3.63, 3.8) is 0 Å². The molecule has 0 amide bonds. The molecule has 1 nitrogen and oxygen atoms in total. The molecule has 0 saturated carbocycles. The fourth-order valence-electron chi connectivity index (χ4n) is 1.28. The van der Waals surface area contributed by atoms with E-state index in [2.05, 4.69) is 12.9 Å². The Bertz CT molecular complexity index is 442.